The number of nitrogens with zero attached hydrogens (tertiary/aromatic N) is 3. The van der Waals surface area contributed by atoms with Gasteiger partial charge in [-0.25, -0.2) is 0 Å². The summed E-state index contributed by atoms with van der Waals surface area (Å²) in [5, 5.41) is 19.1. The highest BCUT2D eigenvalue weighted by molar-refractivity contribution is 5.79. The third kappa shape index (κ3) is 4.12. The van der Waals surface area contributed by atoms with Crippen molar-refractivity contribution in [2.75, 3.05) is 37.7 Å². The van der Waals surface area contributed by atoms with Crippen molar-refractivity contribution in [1.29, 1.82) is 5.26 Å². The second-order valence-electron chi connectivity index (χ2n) is 9.27. The number of hydrogen-bond acceptors (Lipinski definition) is 4. The largest absolute Gasteiger partial charge is 0.417 e. The Morgan fingerprint density at radius 1 is 1.23 bits per heavy atom. The van der Waals surface area contributed by atoms with Gasteiger partial charge in [0.2, 0.25) is 5.91 Å². The minimum atomic E-state index is -4.60. The minimum Gasteiger partial charge on any atom is -0.396 e. The number of alkyl halides is 3. The standard InChI is InChI=1S/C23H28F3N3O2/c24-23(25,26)20-11-19(6-5-17(20)12-27)29-13-18(14-30)22(15-29)7-9-28(10-8-22)21(31)16-3-1-2-4-16/h5-6,11,16,18,30H,1-4,7-10,13-15H2. The van der Waals surface area contributed by atoms with E-state index in [2.05, 4.69) is 0 Å². The van der Waals surface area contributed by atoms with E-state index in [4.69, 9.17) is 5.26 Å². The van der Waals surface area contributed by atoms with Gasteiger partial charge in [0.15, 0.2) is 0 Å². The van der Waals surface area contributed by atoms with Gasteiger partial charge in [0.25, 0.3) is 0 Å². The van der Waals surface area contributed by atoms with Gasteiger partial charge in [-0.2, -0.15) is 18.4 Å². The summed E-state index contributed by atoms with van der Waals surface area (Å²) in [5.41, 5.74) is -1.10. The SMILES string of the molecule is N#Cc1ccc(N2CC(CO)C3(CCN(C(=O)C4CCCC4)CC3)C2)cc1C(F)(F)F. The fourth-order valence-corrected chi connectivity index (χ4v) is 5.71. The van der Waals surface area contributed by atoms with Crippen molar-refractivity contribution in [2.24, 2.45) is 17.3 Å². The van der Waals surface area contributed by atoms with Crippen LogP contribution in [0.4, 0.5) is 18.9 Å². The van der Waals surface area contributed by atoms with Crippen LogP contribution in [0.25, 0.3) is 0 Å². The lowest BCUT2D eigenvalue weighted by Gasteiger charge is -2.42. The molecule has 1 aromatic rings. The summed E-state index contributed by atoms with van der Waals surface area (Å²) in [6.07, 6.45) is 1.05. The first kappa shape index (κ1) is 21.9. The molecule has 1 atom stereocenters. The first-order chi connectivity index (χ1) is 14.8. The van der Waals surface area contributed by atoms with E-state index in [1.54, 1.807) is 12.1 Å². The highest BCUT2D eigenvalue weighted by Gasteiger charge is 2.49. The van der Waals surface area contributed by atoms with E-state index in [1.807, 2.05) is 9.80 Å². The van der Waals surface area contributed by atoms with Gasteiger partial charge in [-0.3, -0.25) is 4.79 Å². The van der Waals surface area contributed by atoms with Crippen molar-refractivity contribution in [3.8, 4) is 6.07 Å². The van der Waals surface area contributed by atoms with Crippen molar-refractivity contribution in [1.82, 2.24) is 4.90 Å². The number of aliphatic hydroxyl groups is 1. The molecule has 1 aromatic carbocycles. The molecule has 3 aliphatic rings. The van der Waals surface area contributed by atoms with Crippen molar-refractivity contribution in [3.63, 3.8) is 0 Å². The Balaban J connectivity index is 1.50. The van der Waals surface area contributed by atoms with Crippen LogP contribution >= 0.6 is 0 Å². The number of rotatable bonds is 3. The van der Waals surface area contributed by atoms with Crippen molar-refractivity contribution < 1.29 is 23.1 Å². The van der Waals surface area contributed by atoms with Gasteiger partial charge >= 0.3 is 6.18 Å². The second-order valence-corrected chi connectivity index (χ2v) is 9.27. The molecule has 5 nitrogen and oxygen atoms in total. The Morgan fingerprint density at radius 2 is 1.90 bits per heavy atom. The number of anilines is 1. The molecule has 168 valence electrons. The first-order valence-electron chi connectivity index (χ1n) is 11.0. The molecule has 31 heavy (non-hydrogen) atoms. The molecular formula is C23H28F3N3O2. The number of aliphatic hydroxyl groups excluding tert-OH is 1. The Morgan fingerprint density at radius 3 is 2.48 bits per heavy atom. The van der Waals surface area contributed by atoms with Crippen LogP contribution in [0, 0.1) is 28.6 Å². The van der Waals surface area contributed by atoms with Crippen LogP contribution in [-0.2, 0) is 11.0 Å². The van der Waals surface area contributed by atoms with Gasteiger partial charge < -0.3 is 14.9 Å². The maximum Gasteiger partial charge on any atom is 0.417 e. The average molecular weight is 435 g/mol. The number of carbonyl (C=O) groups is 1. The molecule has 8 heteroatoms. The predicted octanol–water partition coefficient (Wildman–Crippen LogP) is 3.80. The number of halogens is 3. The van der Waals surface area contributed by atoms with Gasteiger partial charge in [-0.1, -0.05) is 12.8 Å². The zero-order valence-corrected chi connectivity index (χ0v) is 17.5. The van der Waals surface area contributed by atoms with Gasteiger partial charge in [0.1, 0.15) is 0 Å². The van der Waals surface area contributed by atoms with E-state index in [9.17, 15) is 23.1 Å². The molecular weight excluding hydrogens is 407 g/mol. The zero-order chi connectivity index (χ0) is 22.2. The summed E-state index contributed by atoms with van der Waals surface area (Å²) >= 11 is 0. The molecule has 0 radical (unpaired) electrons. The topological polar surface area (TPSA) is 67.6 Å². The summed E-state index contributed by atoms with van der Waals surface area (Å²) in [6, 6.07) is 5.44. The fraction of sp³-hybridized carbons (Fsp3) is 0.652. The van der Waals surface area contributed by atoms with Crippen LogP contribution in [0.5, 0.6) is 0 Å². The highest BCUT2D eigenvalue weighted by Crippen LogP contribution is 2.47. The predicted molar refractivity (Wildman–Crippen MR) is 109 cm³/mol. The number of likely N-dealkylation sites (tertiary alicyclic amines) is 1. The van der Waals surface area contributed by atoms with Crippen LogP contribution in [0.1, 0.15) is 49.7 Å². The number of benzene rings is 1. The Labute approximate surface area is 180 Å². The monoisotopic (exact) mass is 435 g/mol. The van der Waals surface area contributed by atoms with E-state index in [0.29, 0.717) is 31.9 Å². The summed E-state index contributed by atoms with van der Waals surface area (Å²) in [4.78, 5) is 16.6. The second kappa shape index (κ2) is 8.34. The lowest BCUT2D eigenvalue weighted by Crippen LogP contribution is -2.48. The fourth-order valence-electron chi connectivity index (χ4n) is 5.71. The highest BCUT2D eigenvalue weighted by atomic mass is 19.4. The number of piperidine rings is 1. The number of amides is 1. The summed E-state index contributed by atoms with van der Waals surface area (Å²) in [6.45, 7) is 2.26. The summed E-state index contributed by atoms with van der Waals surface area (Å²) in [7, 11) is 0. The van der Waals surface area contributed by atoms with Gasteiger partial charge in [0.05, 0.1) is 17.2 Å². The first-order valence-corrected chi connectivity index (χ1v) is 11.0. The molecule has 1 spiro atoms. The van der Waals surface area contributed by atoms with Crippen LogP contribution in [0.15, 0.2) is 18.2 Å². The van der Waals surface area contributed by atoms with E-state index in [1.165, 1.54) is 6.07 Å². The zero-order valence-electron chi connectivity index (χ0n) is 17.5. The molecule has 0 aromatic heterocycles. The van der Waals surface area contributed by atoms with Gasteiger partial charge in [-0.05, 0) is 49.3 Å². The van der Waals surface area contributed by atoms with Crippen molar-refractivity contribution in [3.05, 3.63) is 29.3 Å². The number of nitriles is 1. The quantitative estimate of drug-likeness (QED) is 0.784. The molecule has 1 N–H and O–H groups in total. The molecule has 3 fully saturated rings. The average Bonchev–Trinajstić information content (AvgIpc) is 3.41. The molecule has 2 aliphatic heterocycles. The molecule has 1 unspecified atom stereocenters. The van der Waals surface area contributed by atoms with E-state index in [-0.39, 0.29) is 35.3 Å². The number of hydrogen-bond donors (Lipinski definition) is 1. The third-order valence-corrected chi connectivity index (χ3v) is 7.60. The molecule has 2 heterocycles. The van der Waals surface area contributed by atoms with E-state index < -0.39 is 11.7 Å². The smallest absolute Gasteiger partial charge is 0.396 e. The van der Waals surface area contributed by atoms with Crippen molar-refractivity contribution >= 4 is 11.6 Å². The van der Waals surface area contributed by atoms with Crippen LogP contribution in [0.3, 0.4) is 0 Å². The van der Waals surface area contributed by atoms with Gasteiger partial charge in [0, 0.05) is 50.3 Å². The third-order valence-electron chi connectivity index (χ3n) is 7.60. The number of carbonyl (C=O) groups excluding carboxylic acids is 1. The molecule has 1 aliphatic carbocycles. The molecule has 0 bridgehead atoms. The molecule has 1 amide bonds. The Kier molecular flexibility index (Phi) is 5.91. The van der Waals surface area contributed by atoms with Crippen molar-refractivity contribution in [2.45, 2.75) is 44.7 Å². The summed E-state index contributed by atoms with van der Waals surface area (Å²) < 4.78 is 40.2. The van der Waals surface area contributed by atoms with Crippen LogP contribution in [-0.4, -0.2) is 48.7 Å². The van der Waals surface area contributed by atoms with Gasteiger partial charge in [-0.15, -0.1) is 0 Å². The lowest BCUT2D eigenvalue weighted by atomic mass is 9.71. The molecule has 1 saturated carbocycles. The normalized spacial score (nSPS) is 24.0. The maximum atomic E-state index is 13.4. The van der Waals surface area contributed by atoms with E-state index >= 15 is 0 Å². The van der Waals surface area contributed by atoms with E-state index in [0.717, 1.165) is 44.6 Å². The molecule has 4 rings (SSSR count). The Hall–Kier alpha value is -2.27. The van der Waals surface area contributed by atoms with Crippen LogP contribution in [0.2, 0.25) is 0 Å². The lowest BCUT2D eigenvalue weighted by molar-refractivity contribution is -0.138. The minimum absolute atomic E-state index is 0.0323. The molecule has 2 saturated heterocycles. The Bertz CT molecular complexity index is 866. The summed E-state index contributed by atoms with van der Waals surface area (Å²) in [5.74, 6) is 0.327. The van der Waals surface area contributed by atoms with Crippen LogP contribution < -0.4 is 4.90 Å². The maximum absolute atomic E-state index is 13.4.